The molecule has 26 heavy (non-hydrogen) atoms. The van der Waals surface area contributed by atoms with Crippen LogP contribution < -0.4 is 10.9 Å². The summed E-state index contributed by atoms with van der Waals surface area (Å²) in [6, 6.07) is 13.4. The number of carbonyl (C=O) groups excluding carboxylic acids is 2. The molecule has 0 fully saturated rings. The third-order valence-electron chi connectivity index (χ3n) is 4.07. The summed E-state index contributed by atoms with van der Waals surface area (Å²) in [7, 11) is 0. The summed E-state index contributed by atoms with van der Waals surface area (Å²) in [6.07, 6.45) is 0. The first kappa shape index (κ1) is 16.3. The van der Waals surface area contributed by atoms with E-state index in [1.165, 1.54) is 12.1 Å². The van der Waals surface area contributed by atoms with Crippen molar-refractivity contribution in [3.63, 3.8) is 0 Å². The zero-order chi connectivity index (χ0) is 18.3. The molecule has 2 aromatic carbocycles. The number of hydrogen-bond donors (Lipinski definition) is 2. The summed E-state index contributed by atoms with van der Waals surface area (Å²) >= 11 is 1.15. The molecule has 130 valence electrons. The summed E-state index contributed by atoms with van der Waals surface area (Å²) in [5.41, 5.74) is 5.97. The predicted octanol–water partition coefficient (Wildman–Crippen LogP) is 4.17. The second kappa shape index (κ2) is 6.27. The van der Waals surface area contributed by atoms with Crippen LogP contribution in [0.4, 0.5) is 4.39 Å². The van der Waals surface area contributed by atoms with Crippen LogP contribution in [0.25, 0.3) is 21.1 Å². The maximum atomic E-state index is 13.7. The lowest BCUT2D eigenvalue weighted by atomic mass is 10.1. The van der Waals surface area contributed by atoms with Gasteiger partial charge in [0, 0.05) is 21.0 Å². The fourth-order valence-corrected chi connectivity index (χ4v) is 3.73. The van der Waals surface area contributed by atoms with Crippen molar-refractivity contribution >= 4 is 44.2 Å². The Morgan fingerprint density at radius 1 is 1.00 bits per heavy atom. The highest BCUT2D eigenvalue weighted by Crippen LogP contribution is 2.27. The number of hydrogen-bond acceptors (Lipinski definition) is 4. The third-order valence-corrected chi connectivity index (χ3v) is 5.17. The molecule has 0 bridgehead atoms. The summed E-state index contributed by atoms with van der Waals surface area (Å²) in [4.78, 5) is 24.9. The monoisotopic (exact) mass is 368 g/mol. The SMILES string of the molecule is Cc1c(C(=O)NNC(=O)c2cc3c(F)cccc3s2)oc2ccccc12. The van der Waals surface area contributed by atoms with Gasteiger partial charge in [-0.15, -0.1) is 11.3 Å². The molecule has 5 nitrogen and oxygen atoms in total. The van der Waals surface area contributed by atoms with E-state index in [2.05, 4.69) is 10.9 Å². The molecule has 4 rings (SSSR count). The van der Waals surface area contributed by atoms with E-state index < -0.39 is 11.8 Å². The molecular formula is C19H13FN2O3S. The van der Waals surface area contributed by atoms with Gasteiger partial charge in [-0.3, -0.25) is 20.4 Å². The smallest absolute Gasteiger partial charge is 0.305 e. The van der Waals surface area contributed by atoms with Crippen molar-refractivity contribution in [2.45, 2.75) is 6.92 Å². The topological polar surface area (TPSA) is 71.3 Å². The van der Waals surface area contributed by atoms with Crippen molar-refractivity contribution in [3.05, 3.63) is 70.5 Å². The van der Waals surface area contributed by atoms with Crippen LogP contribution in [0.2, 0.25) is 0 Å². The molecule has 4 aromatic rings. The van der Waals surface area contributed by atoms with Crippen LogP contribution in [0.1, 0.15) is 25.8 Å². The number of carbonyl (C=O) groups is 2. The molecule has 0 radical (unpaired) electrons. The van der Waals surface area contributed by atoms with Crippen molar-refractivity contribution in [2.24, 2.45) is 0 Å². The van der Waals surface area contributed by atoms with Gasteiger partial charge in [-0.05, 0) is 31.2 Å². The molecule has 0 aliphatic carbocycles. The standard InChI is InChI=1S/C19H13FN2O3S/c1-10-11-5-2-3-7-14(11)25-17(10)19(24)22-21-18(23)16-9-12-13(20)6-4-8-15(12)26-16/h2-9H,1H3,(H,21,23)(H,22,24). The van der Waals surface area contributed by atoms with E-state index in [1.807, 2.05) is 18.2 Å². The van der Waals surface area contributed by atoms with Crippen LogP contribution in [0.15, 0.2) is 52.9 Å². The molecule has 0 saturated carbocycles. The Morgan fingerprint density at radius 2 is 1.77 bits per heavy atom. The van der Waals surface area contributed by atoms with E-state index in [1.54, 1.807) is 25.1 Å². The summed E-state index contributed by atoms with van der Waals surface area (Å²) in [6.45, 7) is 1.78. The number of amides is 2. The number of aryl methyl sites for hydroxylation is 1. The Labute approximate surface area is 151 Å². The Balaban J connectivity index is 1.52. The molecule has 0 unspecified atom stereocenters. The largest absolute Gasteiger partial charge is 0.451 e. The summed E-state index contributed by atoms with van der Waals surface area (Å²) in [5.74, 6) is -1.33. The third kappa shape index (κ3) is 2.72. The highest BCUT2D eigenvalue weighted by molar-refractivity contribution is 7.20. The van der Waals surface area contributed by atoms with Crippen molar-refractivity contribution in [2.75, 3.05) is 0 Å². The molecule has 2 N–H and O–H groups in total. The van der Waals surface area contributed by atoms with E-state index in [9.17, 15) is 14.0 Å². The lowest BCUT2D eigenvalue weighted by Crippen LogP contribution is -2.41. The molecule has 0 aliphatic heterocycles. The molecule has 0 aliphatic rings. The van der Waals surface area contributed by atoms with Crippen LogP contribution in [-0.4, -0.2) is 11.8 Å². The number of nitrogens with one attached hydrogen (secondary N) is 2. The van der Waals surface area contributed by atoms with E-state index >= 15 is 0 Å². The number of halogens is 1. The number of thiophene rings is 1. The number of para-hydroxylation sites is 1. The molecule has 0 atom stereocenters. The molecule has 7 heteroatoms. The number of fused-ring (bicyclic) bond motifs is 2. The summed E-state index contributed by atoms with van der Waals surface area (Å²) in [5, 5.41) is 1.21. The first-order valence-electron chi connectivity index (χ1n) is 7.81. The Hall–Kier alpha value is -3.19. The van der Waals surface area contributed by atoms with Gasteiger partial charge in [0.1, 0.15) is 11.4 Å². The van der Waals surface area contributed by atoms with Gasteiger partial charge in [0.2, 0.25) is 0 Å². The predicted molar refractivity (Wildman–Crippen MR) is 97.7 cm³/mol. The molecule has 0 spiro atoms. The van der Waals surface area contributed by atoms with Crippen LogP contribution in [0.5, 0.6) is 0 Å². The first-order chi connectivity index (χ1) is 12.5. The van der Waals surface area contributed by atoms with E-state index in [0.29, 0.717) is 26.1 Å². The zero-order valence-electron chi connectivity index (χ0n) is 13.6. The average molecular weight is 368 g/mol. The van der Waals surface area contributed by atoms with Crippen molar-refractivity contribution in [1.29, 1.82) is 0 Å². The second-order valence-electron chi connectivity index (χ2n) is 5.72. The first-order valence-corrected chi connectivity index (χ1v) is 8.63. The maximum absolute atomic E-state index is 13.7. The number of furan rings is 1. The fraction of sp³-hybridized carbons (Fsp3) is 0.0526. The van der Waals surface area contributed by atoms with Crippen LogP contribution in [0.3, 0.4) is 0 Å². The minimum Gasteiger partial charge on any atom is -0.451 e. The quantitative estimate of drug-likeness (QED) is 0.522. The number of hydrazine groups is 1. The van der Waals surface area contributed by atoms with Crippen molar-refractivity contribution in [3.8, 4) is 0 Å². The molecule has 0 saturated heterocycles. The zero-order valence-corrected chi connectivity index (χ0v) is 14.4. The average Bonchev–Trinajstić information content (AvgIpc) is 3.22. The van der Waals surface area contributed by atoms with Gasteiger partial charge >= 0.3 is 5.91 Å². The van der Waals surface area contributed by atoms with Gasteiger partial charge in [-0.1, -0.05) is 24.3 Å². The number of benzene rings is 2. The molecule has 2 amide bonds. The van der Waals surface area contributed by atoms with Crippen LogP contribution in [0, 0.1) is 12.7 Å². The highest BCUT2D eigenvalue weighted by atomic mass is 32.1. The fourth-order valence-electron chi connectivity index (χ4n) is 2.76. The van der Waals surface area contributed by atoms with Crippen LogP contribution in [-0.2, 0) is 0 Å². The Bertz CT molecular complexity index is 1160. The normalized spacial score (nSPS) is 11.0. The van der Waals surface area contributed by atoms with Gasteiger partial charge < -0.3 is 4.42 Å². The molecular weight excluding hydrogens is 355 g/mol. The van der Waals surface area contributed by atoms with Crippen LogP contribution >= 0.6 is 11.3 Å². The van der Waals surface area contributed by atoms with E-state index in [4.69, 9.17) is 4.42 Å². The Morgan fingerprint density at radius 3 is 2.54 bits per heavy atom. The lowest BCUT2D eigenvalue weighted by Gasteiger charge is -2.04. The Kier molecular flexibility index (Phi) is 3.93. The van der Waals surface area contributed by atoms with E-state index in [-0.39, 0.29) is 11.6 Å². The van der Waals surface area contributed by atoms with Crippen molar-refractivity contribution < 1.29 is 18.4 Å². The van der Waals surface area contributed by atoms with Gasteiger partial charge in [0.05, 0.1) is 4.88 Å². The van der Waals surface area contributed by atoms with Gasteiger partial charge in [-0.25, -0.2) is 4.39 Å². The summed E-state index contributed by atoms with van der Waals surface area (Å²) < 4.78 is 20.0. The van der Waals surface area contributed by atoms with Crippen molar-refractivity contribution in [1.82, 2.24) is 10.9 Å². The van der Waals surface area contributed by atoms with Gasteiger partial charge in [-0.2, -0.15) is 0 Å². The highest BCUT2D eigenvalue weighted by Gasteiger charge is 2.19. The lowest BCUT2D eigenvalue weighted by molar-refractivity contribution is 0.0833. The molecule has 2 aromatic heterocycles. The minimum atomic E-state index is -0.556. The minimum absolute atomic E-state index is 0.133. The maximum Gasteiger partial charge on any atom is 0.305 e. The molecule has 2 heterocycles. The van der Waals surface area contributed by atoms with E-state index in [0.717, 1.165) is 16.7 Å². The van der Waals surface area contributed by atoms with Gasteiger partial charge in [0.25, 0.3) is 5.91 Å². The van der Waals surface area contributed by atoms with Gasteiger partial charge in [0.15, 0.2) is 5.76 Å². The second-order valence-corrected chi connectivity index (χ2v) is 6.81. The number of rotatable bonds is 2.